The maximum absolute atomic E-state index is 13.2. The van der Waals surface area contributed by atoms with E-state index >= 15 is 0 Å². The number of benzene rings is 3. The monoisotopic (exact) mass is 556 g/mol. The average Bonchev–Trinajstić information content (AvgIpc) is 2.97. The number of nitrogens with zero attached hydrogens (tertiary/aromatic N) is 1. The zero-order valence-electron chi connectivity index (χ0n) is 21.7. The minimum atomic E-state index is -5.08. The molecule has 0 radical (unpaired) electrons. The van der Waals surface area contributed by atoms with Crippen molar-refractivity contribution in [1.82, 2.24) is 5.32 Å². The molecule has 0 aliphatic carbocycles. The molecule has 1 aliphatic rings. The van der Waals surface area contributed by atoms with Crippen LogP contribution in [0.15, 0.2) is 78.9 Å². The summed E-state index contributed by atoms with van der Waals surface area (Å²) < 4.78 is 31.7. The third kappa shape index (κ3) is 8.84. The molecule has 0 spiro atoms. The highest BCUT2D eigenvalue weighted by atomic mass is 19.4. The number of nitrogens with two attached hydrogens (primary N) is 1. The molecule has 0 aromatic heterocycles. The quantitative estimate of drug-likeness (QED) is 0.329. The number of hydrogen-bond donors (Lipinski definition) is 4. The standard InChI is InChI=1S/C27H30N4O2.C2HF3O2/c28-19-20-8-7-11-22(18-20)26(32)30-25(21-9-3-1-4-10-21)27(33)29-23-12-14-24(15-13-23)31-16-5-2-6-17-31;3-2(4,5)1(6)7/h1,3-4,7-15,18,25H,2,5-6,16-17,19,28H2,(H,29,33)(H,30,32);(H,6,7)/t25-;/m1./s1. The first-order valence-corrected chi connectivity index (χ1v) is 12.7. The lowest BCUT2D eigenvalue weighted by Crippen LogP contribution is -2.37. The van der Waals surface area contributed by atoms with Crippen LogP contribution in [0.1, 0.15) is 46.8 Å². The second kappa shape index (κ2) is 14.1. The molecule has 40 heavy (non-hydrogen) atoms. The van der Waals surface area contributed by atoms with E-state index < -0.39 is 18.2 Å². The molecule has 0 bridgehead atoms. The lowest BCUT2D eigenvalue weighted by molar-refractivity contribution is -0.192. The van der Waals surface area contributed by atoms with Crippen molar-refractivity contribution in [2.75, 3.05) is 23.3 Å². The van der Waals surface area contributed by atoms with Crippen molar-refractivity contribution in [2.45, 2.75) is 38.0 Å². The van der Waals surface area contributed by atoms with Crippen LogP contribution < -0.4 is 21.3 Å². The molecule has 8 nitrogen and oxygen atoms in total. The van der Waals surface area contributed by atoms with E-state index in [9.17, 15) is 22.8 Å². The Bertz CT molecular complexity index is 1280. The number of amides is 2. The third-order valence-corrected chi connectivity index (χ3v) is 6.19. The summed E-state index contributed by atoms with van der Waals surface area (Å²) in [6, 6.07) is 23.4. The minimum Gasteiger partial charge on any atom is -0.475 e. The highest BCUT2D eigenvalue weighted by molar-refractivity contribution is 6.01. The summed E-state index contributed by atoms with van der Waals surface area (Å²) in [7, 11) is 0. The summed E-state index contributed by atoms with van der Waals surface area (Å²) in [5.41, 5.74) is 9.61. The van der Waals surface area contributed by atoms with Gasteiger partial charge in [-0.3, -0.25) is 9.59 Å². The van der Waals surface area contributed by atoms with Gasteiger partial charge in [-0.15, -0.1) is 0 Å². The zero-order chi connectivity index (χ0) is 29.1. The highest BCUT2D eigenvalue weighted by Gasteiger charge is 2.38. The normalized spacial score (nSPS) is 13.8. The molecule has 4 rings (SSSR count). The molecular weight excluding hydrogens is 525 g/mol. The van der Waals surface area contributed by atoms with Crippen LogP contribution in [-0.2, 0) is 16.1 Å². The number of anilines is 2. The van der Waals surface area contributed by atoms with Crippen molar-refractivity contribution in [3.8, 4) is 0 Å². The van der Waals surface area contributed by atoms with E-state index in [2.05, 4.69) is 15.5 Å². The maximum atomic E-state index is 13.2. The number of carboxylic acid groups (broad SMARTS) is 1. The molecule has 3 aromatic carbocycles. The molecule has 212 valence electrons. The van der Waals surface area contributed by atoms with Gasteiger partial charge in [-0.05, 0) is 66.8 Å². The van der Waals surface area contributed by atoms with Crippen LogP contribution in [0.4, 0.5) is 24.5 Å². The number of carbonyl (C=O) groups excluding carboxylic acids is 2. The minimum absolute atomic E-state index is 0.296. The molecule has 0 unspecified atom stereocenters. The van der Waals surface area contributed by atoms with E-state index in [1.54, 1.807) is 18.2 Å². The zero-order valence-corrected chi connectivity index (χ0v) is 21.7. The molecule has 1 aliphatic heterocycles. The van der Waals surface area contributed by atoms with Gasteiger partial charge in [0.15, 0.2) is 0 Å². The summed E-state index contributed by atoms with van der Waals surface area (Å²) in [5, 5.41) is 13.0. The Labute approximate surface area is 230 Å². The number of halogens is 3. The number of carboxylic acids is 1. The average molecular weight is 557 g/mol. The van der Waals surface area contributed by atoms with E-state index in [-0.39, 0.29) is 11.8 Å². The van der Waals surface area contributed by atoms with Crippen LogP contribution in [0.3, 0.4) is 0 Å². The van der Waals surface area contributed by atoms with Gasteiger partial charge in [-0.25, -0.2) is 4.79 Å². The van der Waals surface area contributed by atoms with E-state index in [4.69, 9.17) is 15.6 Å². The number of nitrogens with one attached hydrogen (secondary N) is 2. The third-order valence-electron chi connectivity index (χ3n) is 6.19. The van der Waals surface area contributed by atoms with Crippen LogP contribution in [0.2, 0.25) is 0 Å². The number of alkyl halides is 3. The second-order valence-electron chi connectivity index (χ2n) is 9.11. The number of piperidine rings is 1. The van der Waals surface area contributed by atoms with Gasteiger partial charge in [-0.1, -0.05) is 42.5 Å². The van der Waals surface area contributed by atoms with Crippen LogP contribution in [0.5, 0.6) is 0 Å². The second-order valence-corrected chi connectivity index (χ2v) is 9.11. The first-order valence-electron chi connectivity index (χ1n) is 12.7. The van der Waals surface area contributed by atoms with Crippen LogP contribution in [-0.4, -0.2) is 42.2 Å². The molecule has 5 N–H and O–H groups in total. The van der Waals surface area contributed by atoms with E-state index in [0.29, 0.717) is 23.4 Å². The Morgan fingerprint density at radius 3 is 2.10 bits per heavy atom. The van der Waals surface area contributed by atoms with Gasteiger partial charge in [0.05, 0.1) is 0 Å². The molecule has 3 aromatic rings. The Morgan fingerprint density at radius 2 is 1.52 bits per heavy atom. The topological polar surface area (TPSA) is 125 Å². The molecule has 2 amide bonds. The number of hydrogen-bond acceptors (Lipinski definition) is 5. The van der Waals surface area contributed by atoms with Gasteiger partial charge in [0.2, 0.25) is 0 Å². The maximum Gasteiger partial charge on any atom is 0.490 e. The van der Waals surface area contributed by atoms with Gasteiger partial charge in [-0.2, -0.15) is 13.2 Å². The summed E-state index contributed by atoms with van der Waals surface area (Å²) in [4.78, 5) is 37.4. The van der Waals surface area contributed by atoms with Gasteiger partial charge in [0, 0.05) is 36.6 Å². The van der Waals surface area contributed by atoms with Gasteiger partial charge >= 0.3 is 12.1 Å². The van der Waals surface area contributed by atoms with Crippen molar-refractivity contribution in [3.63, 3.8) is 0 Å². The Hall–Kier alpha value is -4.38. The van der Waals surface area contributed by atoms with Crippen LogP contribution in [0.25, 0.3) is 0 Å². The van der Waals surface area contributed by atoms with Gasteiger partial charge in [0.25, 0.3) is 11.8 Å². The van der Waals surface area contributed by atoms with Crippen molar-refractivity contribution in [3.05, 3.63) is 95.6 Å². The number of rotatable bonds is 7. The van der Waals surface area contributed by atoms with Gasteiger partial charge in [0.1, 0.15) is 6.04 Å². The highest BCUT2D eigenvalue weighted by Crippen LogP contribution is 2.23. The Balaban J connectivity index is 0.000000559. The van der Waals surface area contributed by atoms with E-state index in [0.717, 1.165) is 18.7 Å². The summed E-state index contributed by atoms with van der Waals surface area (Å²) in [5.74, 6) is -3.38. The SMILES string of the molecule is NCc1cccc(C(=O)N[C@@H](C(=O)Nc2ccc(N3CCCCC3)cc2)c2ccccc2)c1.O=C(O)C(F)(F)F. The molecule has 0 saturated carbocycles. The molecule has 11 heteroatoms. The summed E-state index contributed by atoms with van der Waals surface area (Å²) in [6.07, 6.45) is -1.37. The molecule has 1 saturated heterocycles. The lowest BCUT2D eigenvalue weighted by Gasteiger charge is -2.29. The molecule has 1 atom stereocenters. The van der Waals surface area contributed by atoms with Crippen molar-refractivity contribution < 1.29 is 32.7 Å². The first kappa shape index (κ1) is 30.2. The fraction of sp³-hybridized carbons (Fsp3) is 0.276. The van der Waals surface area contributed by atoms with E-state index in [1.807, 2.05) is 60.7 Å². The van der Waals surface area contributed by atoms with E-state index in [1.165, 1.54) is 24.9 Å². The largest absolute Gasteiger partial charge is 0.490 e. The van der Waals surface area contributed by atoms with Gasteiger partial charge < -0.3 is 26.4 Å². The Kier molecular flexibility index (Phi) is 10.7. The molecule has 1 heterocycles. The lowest BCUT2D eigenvalue weighted by atomic mass is 10.0. The predicted octanol–water partition coefficient (Wildman–Crippen LogP) is 4.88. The van der Waals surface area contributed by atoms with Crippen molar-refractivity contribution >= 4 is 29.2 Å². The predicted molar refractivity (Wildman–Crippen MR) is 146 cm³/mol. The summed E-state index contributed by atoms with van der Waals surface area (Å²) >= 11 is 0. The first-order chi connectivity index (χ1) is 19.1. The Morgan fingerprint density at radius 1 is 0.900 bits per heavy atom. The smallest absolute Gasteiger partial charge is 0.475 e. The van der Waals surface area contributed by atoms with Crippen LogP contribution in [0, 0.1) is 0 Å². The fourth-order valence-corrected chi connectivity index (χ4v) is 4.12. The summed E-state index contributed by atoms with van der Waals surface area (Å²) in [6.45, 7) is 2.48. The molecule has 1 fully saturated rings. The number of aliphatic carboxylic acids is 1. The molecular formula is C29H31F3N4O4. The van der Waals surface area contributed by atoms with Crippen molar-refractivity contribution in [2.24, 2.45) is 5.73 Å². The fourth-order valence-electron chi connectivity index (χ4n) is 4.12. The number of carbonyl (C=O) groups is 3. The van der Waals surface area contributed by atoms with Crippen molar-refractivity contribution in [1.29, 1.82) is 0 Å². The van der Waals surface area contributed by atoms with Crippen LogP contribution >= 0.6 is 0 Å².